The standard InChI is InChI=1S/C25H22N4OS/c1-2-9-20(10-3-1)30-16-8-15-29-18-19(21-11-4-6-13-23(21)29)17-26-28-25-27-22-12-5-7-14-24(22)31-25/h1-7,9-14,17-18H,8,15-16H2,(H,27,28)/b26-17-. The van der Waals surface area contributed by atoms with Crippen molar-refractivity contribution >= 4 is 43.8 Å². The Bertz CT molecular complexity index is 1290. The van der Waals surface area contributed by atoms with Crippen molar-refractivity contribution in [2.24, 2.45) is 5.10 Å². The van der Waals surface area contributed by atoms with E-state index in [1.165, 1.54) is 10.9 Å². The summed E-state index contributed by atoms with van der Waals surface area (Å²) in [5, 5.41) is 6.41. The van der Waals surface area contributed by atoms with Crippen LogP contribution in [0.1, 0.15) is 12.0 Å². The first-order chi connectivity index (χ1) is 15.4. The molecule has 5 rings (SSSR count). The molecule has 5 aromatic rings. The number of ether oxygens (including phenoxy) is 1. The summed E-state index contributed by atoms with van der Waals surface area (Å²) in [5.41, 5.74) is 6.34. The number of para-hydroxylation sites is 3. The van der Waals surface area contributed by atoms with Crippen LogP contribution in [0.5, 0.6) is 5.75 Å². The van der Waals surface area contributed by atoms with Gasteiger partial charge in [0, 0.05) is 29.2 Å². The number of nitrogens with zero attached hydrogens (tertiary/aromatic N) is 3. The third-order valence-corrected chi connectivity index (χ3v) is 5.97. The predicted octanol–water partition coefficient (Wildman–Crippen LogP) is 6.17. The fourth-order valence-corrected chi connectivity index (χ4v) is 4.40. The Morgan fingerprint density at radius 1 is 0.968 bits per heavy atom. The van der Waals surface area contributed by atoms with Crippen LogP contribution in [-0.4, -0.2) is 22.4 Å². The lowest BCUT2D eigenvalue weighted by Crippen LogP contribution is -2.03. The van der Waals surface area contributed by atoms with Crippen LogP contribution >= 0.6 is 11.3 Å². The summed E-state index contributed by atoms with van der Waals surface area (Å²) in [6.45, 7) is 1.56. The molecule has 3 aromatic carbocycles. The van der Waals surface area contributed by atoms with E-state index in [0.717, 1.165) is 39.6 Å². The molecular weight excluding hydrogens is 404 g/mol. The molecule has 6 heteroatoms. The molecule has 0 amide bonds. The summed E-state index contributed by atoms with van der Waals surface area (Å²) in [5.74, 6) is 0.911. The largest absolute Gasteiger partial charge is 0.494 e. The maximum absolute atomic E-state index is 5.83. The van der Waals surface area contributed by atoms with Crippen LogP contribution in [0.25, 0.3) is 21.1 Å². The maximum atomic E-state index is 5.83. The second kappa shape index (κ2) is 9.02. The number of rotatable bonds is 8. The molecule has 0 aliphatic heterocycles. The fraction of sp³-hybridized carbons (Fsp3) is 0.120. The van der Waals surface area contributed by atoms with E-state index < -0.39 is 0 Å². The van der Waals surface area contributed by atoms with Crippen molar-refractivity contribution in [3.63, 3.8) is 0 Å². The lowest BCUT2D eigenvalue weighted by molar-refractivity contribution is 0.302. The summed E-state index contributed by atoms with van der Waals surface area (Å²) in [4.78, 5) is 4.56. The Morgan fingerprint density at radius 2 is 1.77 bits per heavy atom. The highest BCUT2D eigenvalue weighted by Crippen LogP contribution is 2.25. The first-order valence-electron chi connectivity index (χ1n) is 10.3. The minimum Gasteiger partial charge on any atom is -0.494 e. The molecule has 0 saturated carbocycles. The van der Waals surface area contributed by atoms with E-state index in [-0.39, 0.29) is 0 Å². The molecule has 2 aromatic heterocycles. The lowest BCUT2D eigenvalue weighted by Gasteiger charge is -2.07. The summed E-state index contributed by atoms with van der Waals surface area (Å²) in [6.07, 6.45) is 4.94. The molecule has 154 valence electrons. The van der Waals surface area contributed by atoms with Gasteiger partial charge in [0.1, 0.15) is 5.75 Å². The van der Waals surface area contributed by atoms with E-state index in [9.17, 15) is 0 Å². The molecule has 0 unspecified atom stereocenters. The van der Waals surface area contributed by atoms with E-state index in [0.29, 0.717) is 6.61 Å². The van der Waals surface area contributed by atoms with Crippen molar-refractivity contribution in [1.82, 2.24) is 9.55 Å². The number of hydrazone groups is 1. The van der Waals surface area contributed by atoms with Crippen molar-refractivity contribution in [2.75, 3.05) is 12.0 Å². The van der Waals surface area contributed by atoms with Crippen LogP contribution in [0.4, 0.5) is 5.13 Å². The zero-order valence-electron chi connectivity index (χ0n) is 16.9. The Kier molecular flexibility index (Phi) is 5.62. The minimum atomic E-state index is 0.680. The van der Waals surface area contributed by atoms with Crippen molar-refractivity contribution < 1.29 is 4.74 Å². The average Bonchev–Trinajstić information content (AvgIpc) is 3.39. The van der Waals surface area contributed by atoms with Gasteiger partial charge in [-0.3, -0.25) is 5.43 Å². The van der Waals surface area contributed by atoms with Crippen LogP contribution < -0.4 is 10.2 Å². The van der Waals surface area contributed by atoms with Gasteiger partial charge in [-0.15, -0.1) is 0 Å². The van der Waals surface area contributed by atoms with E-state index in [2.05, 4.69) is 56.6 Å². The smallest absolute Gasteiger partial charge is 0.204 e. The van der Waals surface area contributed by atoms with Crippen molar-refractivity contribution in [1.29, 1.82) is 0 Å². The minimum absolute atomic E-state index is 0.680. The molecule has 2 heterocycles. The van der Waals surface area contributed by atoms with Crippen molar-refractivity contribution in [2.45, 2.75) is 13.0 Å². The molecule has 0 saturated heterocycles. The number of hydrogen-bond donors (Lipinski definition) is 1. The molecule has 31 heavy (non-hydrogen) atoms. The van der Waals surface area contributed by atoms with Crippen LogP contribution in [0, 0.1) is 0 Å². The Morgan fingerprint density at radius 3 is 2.68 bits per heavy atom. The number of aromatic nitrogens is 2. The van der Waals surface area contributed by atoms with Crippen LogP contribution in [0.3, 0.4) is 0 Å². The molecule has 0 bridgehead atoms. The van der Waals surface area contributed by atoms with E-state index in [1.807, 2.05) is 54.7 Å². The lowest BCUT2D eigenvalue weighted by atomic mass is 10.2. The number of benzene rings is 3. The van der Waals surface area contributed by atoms with Gasteiger partial charge in [-0.05, 0) is 36.8 Å². The first kappa shape index (κ1) is 19.3. The van der Waals surface area contributed by atoms with Gasteiger partial charge in [-0.2, -0.15) is 5.10 Å². The fourth-order valence-electron chi connectivity index (χ4n) is 3.58. The molecule has 0 atom stereocenters. The third-order valence-electron chi connectivity index (χ3n) is 5.03. The topological polar surface area (TPSA) is 51.4 Å². The molecule has 1 N–H and O–H groups in total. The van der Waals surface area contributed by atoms with Gasteiger partial charge in [0.2, 0.25) is 5.13 Å². The SMILES string of the molecule is C(=N/Nc1nc2ccccc2s1)/c1cn(CCCOc2ccccc2)c2ccccc12. The number of hydrogen-bond acceptors (Lipinski definition) is 5. The van der Waals surface area contributed by atoms with Gasteiger partial charge >= 0.3 is 0 Å². The summed E-state index contributed by atoms with van der Waals surface area (Å²) >= 11 is 1.60. The quantitative estimate of drug-likeness (QED) is 0.183. The summed E-state index contributed by atoms with van der Waals surface area (Å²) in [7, 11) is 0. The Balaban J connectivity index is 1.27. The summed E-state index contributed by atoms with van der Waals surface area (Å²) < 4.78 is 9.24. The van der Waals surface area contributed by atoms with Crippen molar-refractivity contribution in [3.8, 4) is 5.75 Å². The molecule has 0 radical (unpaired) electrons. The van der Waals surface area contributed by atoms with Gasteiger partial charge in [0.25, 0.3) is 0 Å². The summed E-state index contributed by atoms with van der Waals surface area (Å²) in [6, 6.07) is 26.4. The highest BCUT2D eigenvalue weighted by molar-refractivity contribution is 7.22. The number of aryl methyl sites for hydroxylation is 1. The molecule has 0 fully saturated rings. The third kappa shape index (κ3) is 4.44. The molecular formula is C25H22N4OS. The number of anilines is 1. The number of nitrogens with one attached hydrogen (secondary N) is 1. The molecule has 0 spiro atoms. The highest BCUT2D eigenvalue weighted by atomic mass is 32.1. The van der Waals surface area contributed by atoms with Crippen LogP contribution in [0.2, 0.25) is 0 Å². The predicted molar refractivity (Wildman–Crippen MR) is 129 cm³/mol. The van der Waals surface area contributed by atoms with E-state index in [4.69, 9.17) is 4.74 Å². The van der Waals surface area contributed by atoms with Gasteiger partial charge in [-0.1, -0.05) is 59.9 Å². The Labute approximate surface area is 184 Å². The van der Waals surface area contributed by atoms with Crippen LogP contribution in [0.15, 0.2) is 90.2 Å². The van der Waals surface area contributed by atoms with Gasteiger partial charge in [0.15, 0.2) is 0 Å². The van der Waals surface area contributed by atoms with E-state index >= 15 is 0 Å². The monoisotopic (exact) mass is 426 g/mol. The van der Waals surface area contributed by atoms with Gasteiger partial charge in [-0.25, -0.2) is 4.98 Å². The van der Waals surface area contributed by atoms with Crippen LogP contribution in [-0.2, 0) is 6.54 Å². The molecule has 5 nitrogen and oxygen atoms in total. The Hall–Kier alpha value is -3.64. The maximum Gasteiger partial charge on any atom is 0.204 e. The van der Waals surface area contributed by atoms with E-state index in [1.54, 1.807) is 11.3 Å². The number of thiazole rings is 1. The van der Waals surface area contributed by atoms with Crippen molar-refractivity contribution in [3.05, 3.63) is 90.6 Å². The molecule has 0 aliphatic rings. The van der Waals surface area contributed by atoms with Gasteiger partial charge < -0.3 is 9.30 Å². The number of fused-ring (bicyclic) bond motifs is 2. The zero-order valence-corrected chi connectivity index (χ0v) is 17.8. The van der Waals surface area contributed by atoms with Gasteiger partial charge in [0.05, 0.1) is 23.0 Å². The highest BCUT2D eigenvalue weighted by Gasteiger charge is 2.07. The molecule has 0 aliphatic carbocycles. The zero-order chi connectivity index (χ0) is 20.9. The second-order valence-electron chi connectivity index (χ2n) is 7.17. The first-order valence-corrected chi connectivity index (χ1v) is 11.1. The normalized spacial score (nSPS) is 11.5. The average molecular weight is 427 g/mol. The second-order valence-corrected chi connectivity index (χ2v) is 8.20.